The maximum atomic E-state index is 5.57. The van der Waals surface area contributed by atoms with E-state index in [9.17, 15) is 0 Å². The van der Waals surface area contributed by atoms with E-state index in [4.69, 9.17) is 4.74 Å². The Kier molecular flexibility index (Phi) is 12.1. The Morgan fingerprint density at radius 1 is 1.12 bits per heavy atom. The zero-order chi connectivity index (χ0) is 17.7. The fourth-order valence-corrected chi connectivity index (χ4v) is 2.70. The summed E-state index contributed by atoms with van der Waals surface area (Å²) < 4.78 is 5.57. The summed E-state index contributed by atoms with van der Waals surface area (Å²) in [5, 5.41) is 8.02. The molecular formula is C20H33IN4O. The lowest BCUT2D eigenvalue weighted by Gasteiger charge is -2.11. The van der Waals surface area contributed by atoms with Gasteiger partial charge >= 0.3 is 0 Å². The first-order valence-corrected chi connectivity index (χ1v) is 9.50. The van der Waals surface area contributed by atoms with Crippen molar-refractivity contribution in [3.63, 3.8) is 0 Å². The molecule has 0 spiro atoms. The molecule has 5 nitrogen and oxygen atoms in total. The number of guanidine groups is 1. The number of nitrogens with zero attached hydrogens (tertiary/aromatic N) is 1. The molecule has 0 atom stereocenters. The lowest BCUT2D eigenvalue weighted by atomic mass is 10.1. The van der Waals surface area contributed by atoms with Crippen molar-refractivity contribution in [1.29, 1.82) is 0 Å². The van der Waals surface area contributed by atoms with Gasteiger partial charge in [-0.1, -0.05) is 31.5 Å². The smallest absolute Gasteiger partial charge is 0.191 e. The molecule has 2 aromatic rings. The van der Waals surface area contributed by atoms with E-state index in [0.717, 1.165) is 58.1 Å². The van der Waals surface area contributed by atoms with E-state index in [0.29, 0.717) is 0 Å². The first-order chi connectivity index (χ1) is 12.3. The molecule has 26 heavy (non-hydrogen) atoms. The molecule has 1 heterocycles. The Bertz CT molecular complexity index is 642. The second kappa shape index (κ2) is 13.9. The van der Waals surface area contributed by atoms with Crippen molar-refractivity contribution in [2.45, 2.75) is 39.5 Å². The molecule has 6 heteroatoms. The van der Waals surface area contributed by atoms with E-state index < -0.39 is 0 Å². The third kappa shape index (κ3) is 7.95. The number of hydrogen-bond acceptors (Lipinski definition) is 2. The van der Waals surface area contributed by atoms with Gasteiger partial charge in [-0.3, -0.25) is 4.99 Å². The molecule has 1 aromatic heterocycles. The van der Waals surface area contributed by atoms with Gasteiger partial charge in [0.25, 0.3) is 0 Å². The van der Waals surface area contributed by atoms with Crippen LogP contribution in [0.4, 0.5) is 0 Å². The molecule has 0 aliphatic heterocycles. The van der Waals surface area contributed by atoms with Gasteiger partial charge in [-0.05, 0) is 37.8 Å². The Morgan fingerprint density at radius 2 is 1.92 bits per heavy atom. The highest BCUT2D eigenvalue weighted by molar-refractivity contribution is 14.0. The van der Waals surface area contributed by atoms with Gasteiger partial charge in [-0.25, -0.2) is 0 Å². The maximum absolute atomic E-state index is 5.57. The second-order valence-electron chi connectivity index (χ2n) is 6.12. The minimum absolute atomic E-state index is 0. The van der Waals surface area contributed by atoms with Gasteiger partial charge in [-0.2, -0.15) is 0 Å². The summed E-state index contributed by atoms with van der Waals surface area (Å²) in [6, 6.07) is 8.42. The molecule has 0 bridgehead atoms. The van der Waals surface area contributed by atoms with Crippen LogP contribution in [0.1, 0.15) is 38.7 Å². The van der Waals surface area contributed by atoms with Crippen LogP contribution in [-0.4, -0.2) is 43.8 Å². The minimum atomic E-state index is 0. The van der Waals surface area contributed by atoms with Crippen LogP contribution < -0.4 is 10.6 Å². The molecule has 1 aromatic carbocycles. The minimum Gasteiger partial charge on any atom is -0.381 e. The van der Waals surface area contributed by atoms with E-state index in [1.54, 1.807) is 0 Å². The maximum Gasteiger partial charge on any atom is 0.191 e. The number of nitrogens with one attached hydrogen (secondary N) is 3. The Morgan fingerprint density at radius 3 is 2.73 bits per heavy atom. The Balaban J connectivity index is 0.00000338. The lowest BCUT2D eigenvalue weighted by molar-refractivity contribution is 0.130. The molecular weight excluding hydrogens is 439 g/mol. The summed E-state index contributed by atoms with van der Waals surface area (Å²) in [5.74, 6) is 0.885. The van der Waals surface area contributed by atoms with Crippen LogP contribution >= 0.6 is 24.0 Å². The number of aromatic nitrogens is 1. The standard InChI is InChI=1S/C20H32N4O.HI/c1-3-5-14-25-15-8-12-22-20(21-4-2)23-13-11-17-16-24-19-10-7-6-9-18(17)19;/h6-7,9-10,16,24H,3-5,8,11-15H2,1-2H3,(H2,21,22,23);1H. The summed E-state index contributed by atoms with van der Waals surface area (Å²) in [6.45, 7) is 8.44. The summed E-state index contributed by atoms with van der Waals surface area (Å²) in [4.78, 5) is 7.95. The van der Waals surface area contributed by atoms with Gasteiger partial charge < -0.3 is 20.4 Å². The van der Waals surface area contributed by atoms with Gasteiger partial charge in [0.05, 0.1) is 0 Å². The van der Waals surface area contributed by atoms with Gasteiger partial charge in [0.1, 0.15) is 0 Å². The van der Waals surface area contributed by atoms with E-state index >= 15 is 0 Å². The van der Waals surface area contributed by atoms with Crippen molar-refractivity contribution in [3.8, 4) is 0 Å². The lowest BCUT2D eigenvalue weighted by Crippen LogP contribution is -2.38. The number of fused-ring (bicyclic) bond motifs is 1. The SMILES string of the molecule is CCCCOCCCN=C(NCC)NCCc1c[nH]c2ccccc12.I. The highest BCUT2D eigenvalue weighted by Crippen LogP contribution is 2.17. The average Bonchev–Trinajstić information content (AvgIpc) is 3.04. The number of benzene rings is 1. The van der Waals surface area contributed by atoms with Crippen LogP contribution in [0.5, 0.6) is 0 Å². The fraction of sp³-hybridized carbons (Fsp3) is 0.550. The molecule has 0 aliphatic rings. The van der Waals surface area contributed by atoms with Crippen molar-refractivity contribution in [1.82, 2.24) is 15.6 Å². The normalized spacial score (nSPS) is 11.4. The highest BCUT2D eigenvalue weighted by atomic mass is 127. The number of hydrogen-bond donors (Lipinski definition) is 3. The number of aliphatic imine (C=N–C) groups is 1. The van der Waals surface area contributed by atoms with Crippen molar-refractivity contribution in [3.05, 3.63) is 36.0 Å². The molecule has 0 unspecified atom stereocenters. The van der Waals surface area contributed by atoms with Crippen LogP contribution in [0.3, 0.4) is 0 Å². The first-order valence-electron chi connectivity index (χ1n) is 9.50. The van der Waals surface area contributed by atoms with Crippen molar-refractivity contribution in [2.75, 3.05) is 32.8 Å². The summed E-state index contributed by atoms with van der Waals surface area (Å²) >= 11 is 0. The van der Waals surface area contributed by atoms with Crippen molar-refractivity contribution in [2.24, 2.45) is 4.99 Å². The Hall–Kier alpha value is -1.28. The van der Waals surface area contributed by atoms with E-state index in [1.807, 2.05) is 0 Å². The van der Waals surface area contributed by atoms with Crippen LogP contribution in [0, 0.1) is 0 Å². The number of H-pyrrole nitrogens is 1. The quantitative estimate of drug-likeness (QED) is 0.200. The molecule has 0 saturated heterocycles. The summed E-state index contributed by atoms with van der Waals surface area (Å²) in [7, 11) is 0. The van der Waals surface area contributed by atoms with E-state index in [-0.39, 0.29) is 24.0 Å². The molecule has 0 radical (unpaired) electrons. The van der Waals surface area contributed by atoms with Crippen LogP contribution in [0.25, 0.3) is 10.9 Å². The van der Waals surface area contributed by atoms with Crippen LogP contribution in [0.15, 0.2) is 35.5 Å². The molecule has 3 N–H and O–H groups in total. The largest absolute Gasteiger partial charge is 0.381 e. The van der Waals surface area contributed by atoms with E-state index in [1.165, 1.54) is 22.9 Å². The van der Waals surface area contributed by atoms with Crippen LogP contribution in [0.2, 0.25) is 0 Å². The zero-order valence-corrected chi connectivity index (χ0v) is 18.3. The Labute approximate surface area is 174 Å². The third-order valence-electron chi connectivity index (χ3n) is 4.06. The molecule has 0 amide bonds. The third-order valence-corrected chi connectivity index (χ3v) is 4.06. The number of halogens is 1. The molecule has 0 saturated carbocycles. The highest BCUT2D eigenvalue weighted by Gasteiger charge is 2.03. The van der Waals surface area contributed by atoms with Gasteiger partial charge in [-0.15, -0.1) is 24.0 Å². The predicted octanol–water partition coefficient (Wildman–Crippen LogP) is 4.09. The molecule has 0 aliphatic carbocycles. The van der Waals surface area contributed by atoms with Gasteiger partial charge in [0.15, 0.2) is 5.96 Å². The fourth-order valence-electron chi connectivity index (χ4n) is 2.70. The van der Waals surface area contributed by atoms with E-state index in [2.05, 4.69) is 64.9 Å². The number of ether oxygens (including phenoxy) is 1. The average molecular weight is 472 g/mol. The number of para-hydroxylation sites is 1. The van der Waals surface area contributed by atoms with Gasteiger partial charge in [0.2, 0.25) is 0 Å². The number of rotatable bonds is 11. The second-order valence-corrected chi connectivity index (χ2v) is 6.12. The van der Waals surface area contributed by atoms with Gasteiger partial charge in [0, 0.05) is 49.9 Å². The van der Waals surface area contributed by atoms with Crippen molar-refractivity contribution >= 4 is 40.8 Å². The molecule has 0 fully saturated rings. The molecule has 2 rings (SSSR count). The number of aromatic amines is 1. The van der Waals surface area contributed by atoms with Crippen LogP contribution in [-0.2, 0) is 11.2 Å². The summed E-state index contributed by atoms with van der Waals surface area (Å²) in [6.07, 6.45) is 6.35. The monoisotopic (exact) mass is 472 g/mol. The molecule has 146 valence electrons. The van der Waals surface area contributed by atoms with Crippen molar-refractivity contribution < 1.29 is 4.74 Å². The summed E-state index contributed by atoms with van der Waals surface area (Å²) in [5.41, 5.74) is 2.53. The topological polar surface area (TPSA) is 61.4 Å². The zero-order valence-electron chi connectivity index (χ0n) is 16.0. The first kappa shape index (κ1) is 22.8. The number of unbranched alkanes of at least 4 members (excludes halogenated alkanes) is 1. The predicted molar refractivity (Wildman–Crippen MR) is 122 cm³/mol.